The van der Waals surface area contributed by atoms with Gasteiger partial charge in [0.15, 0.2) is 11.4 Å². The molecule has 5 nitrogen and oxygen atoms in total. The van der Waals surface area contributed by atoms with E-state index in [2.05, 4.69) is 14.9 Å². The number of anilines is 1. The first-order valence-corrected chi connectivity index (χ1v) is 7.78. The average Bonchev–Trinajstić information content (AvgIpc) is 2.94. The van der Waals surface area contributed by atoms with Crippen LogP contribution >= 0.6 is 0 Å². The number of furan rings is 1. The van der Waals surface area contributed by atoms with Crippen molar-refractivity contribution in [2.75, 3.05) is 25.1 Å². The summed E-state index contributed by atoms with van der Waals surface area (Å²) >= 11 is 0. The number of aromatic nitrogens is 2. The monoisotopic (exact) mass is 297 g/mol. The van der Waals surface area contributed by atoms with Crippen LogP contribution in [0.5, 0.6) is 0 Å². The van der Waals surface area contributed by atoms with Gasteiger partial charge in [0.25, 0.3) is 0 Å². The molecule has 114 valence electrons. The quantitative estimate of drug-likeness (QED) is 0.741. The fourth-order valence-corrected chi connectivity index (χ4v) is 3.13. The van der Waals surface area contributed by atoms with E-state index in [0.717, 1.165) is 47.5 Å². The van der Waals surface area contributed by atoms with Crippen LogP contribution in [-0.2, 0) is 4.74 Å². The molecule has 0 bridgehead atoms. The molecule has 0 aliphatic carbocycles. The number of hydrogen-bond acceptors (Lipinski definition) is 5. The Morgan fingerprint density at radius 3 is 3.00 bits per heavy atom. The van der Waals surface area contributed by atoms with E-state index in [1.165, 1.54) is 12.8 Å². The largest absolute Gasteiger partial charge is 0.450 e. The molecule has 3 heterocycles. The Bertz CT molecular complexity index is 793. The summed E-state index contributed by atoms with van der Waals surface area (Å²) in [4.78, 5) is 10.9. The van der Waals surface area contributed by atoms with Crippen molar-refractivity contribution >= 4 is 27.9 Å². The van der Waals surface area contributed by atoms with Gasteiger partial charge < -0.3 is 14.1 Å². The van der Waals surface area contributed by atoms with Crippen molar-refractivity contribution in [3.63, 3.8) is 0 Å². The number of likely N-dealkylation sites (N-methyl/N-ethyl adjacent to an activating group) is 1. The van der Waals surface area contributed by atoms with Crippen LogP contribution in [0.1, 0.15) is 19.3 Å². The van der Waals surface area contributed by atoms with Crippen LogP contribution in [0.25, 0.3) is 22.1 Å². The maximum Gasteiger partial charge on any atom is 0.196 e. The molecule has 22 heavy (non-hydrogen) atoms. The van der Waals surface area contributed by atoms with E-state index in [0.29, 0.717) is 0 Å². The van der Waals surface area contributed by atoms with Crippen LogP contribution in [-0.4, -0.2) is 36.3 Å². The Morgan fingerprint density at radius 1 is 1.23 bits per heavy atom. The molecule has 1 atom stereocenters. The molecule has 2 aromatic heterocycles. The molecule has 1 aliphatic heterocycles. The van der Waals surface area contributed by atoms with Crippen LogP contribution in [0.4, 0.5) is 5.82 Å². The number of fused-ring (bicyclic) bond motifs is 3. The van der Waals surface area contributed by atoms with Crippen LogP contribution in [0.15, 0.2) is 35.0 Å². The highest BCUT2D eigenvalue weighted by molar-refractivity contribution is 6.05. The average molecular weight is 297 g/mol. The van der Waals surface area contributed by atoms with Gasteiger partial charge in [0.05, 0.1) is 6.10 Å². The molecule has 4 rings (SSSR count). The molecule has 0 N–H and O–H groups in total. The Labute approximate surface area is 128 Å². The van der Waals surface area contributed by atoms with Crippen LogP contribution in [0.2, 0.25) is 0 Å². The Hall–Kier alpha value is -2.14. The van der Waals surface area contributed by atoms with Gasteiger partial charge in [-0.2, -0.15) is 0 Å². The number of rotatable bonds is 3. The molecular weight excluding hydrogens is 278 g/mol. The van der Waals surface area contributed by atoms with Crippen molar-refractivity contribution in [1.29, 1.82) is 0 Å². The van der Waals surface area contributed by atoms with Gasteiger partial charge in [-0.15, -0.1) is 0 Å². The molecule has 0 radical (unpaired) electrons. The predicted octanol–water partition coefficient (Wildman–Crippen LogP) is 3.38. The predicted molar refractivity (Wildman–Crippen MR) is 86.2 cm³/mol. The third-order valence-corrected chi connectivity index (χ3v) is 4.25. The van der Waals surface area contributed by atoms with E-state index in [9.17, 15) is 0 Å². The maximum atomic E-state index is 5.99. The molecule has 1 aliphatic rings. The fraction of sp³-hybridized carbons (Fsp3) is 0.412. The lowest BCUT2D eigenvalue weighted by molar-refractivity contribution is 0.0215. The number of nitrogens with zero attached hydrogens (tertiary/aromatic N) is 3. The summed E-state index contributed by atoms with van der Waals surface area (Å²) in [6.45, 7) is 1.69. The second-order valence-corrected chi connectivity index (χ2v) is 5.84. The summed E-state index contributed by atoms with van der Waals surface area (Å²) in [5, 5.41) is 1.03. The fourth-order valence-electron chi connectivity index (χ4n) is 3.13. The van der Waals surface area contributed by atoms with Crippen LogP contribution < -0.4 is 4.90 Å². The second-order valence-electron chi connectivity index (χ2n) is 5.84. The molecule has 1 unspecified atom stereocenters. The summed E-state index contributed by atoms with van der Waals surface area (Å²) in [5.41, 5.74) is 2.47. The Balaban J connectivity index is 1.71. The lowest BCUT2D eigenvalue weighted by atomic mass is 10.1. The van der Waals surface area contributed by atoms with Gasteiger partial charge in [0.1, 0.15) is 17.4 Å². The van der Waals surface area contributed by atoms with Crippen molar-refractivity contribution in [2.45, 2.75) is 25.4 Å². The van der Waals surface area contributed by atoms with Gasteiger partial charge in [-0.25, -0.2) is 9.97 Å². The normalized spacial score (nSPS) is 18.9. The zero-order valence-corrected chi connectivity index (χ0v) is 12.7. The highest BCUT2D eigenvalue weighted by Crippen LogP contribution is 2.31. The zero-order valence-electron chi connectivity index (χ0n) is 12.7. The molecule has 3 aromatic rings. The minimum Gasteiger partial charge on any atom is -0.450 e. The maximum absolute atomic E-state index is 5.99. The molecule has 1 aromatic carbocycles. The molecule has 0 spiro atoms. The van der Waals surface area contributed by atoms with Crippen LogP contribution in [0, 0.1) is 0 Å². The third-order valence-electron chi connectivity index (χ3n) is 4.25. The zero-order chi connectivity index (χ0) is 14.9. The van der Waals surface area contributed by atoms with Gasteiger partial charge in [-0.05, 0) is 31.4 Å². The first-order valence-electron chi connectivity index (χ1n) is 7.78. The van der Waals surface area contributed by atoms with Crippen molar-refractivity contribution in [2.24, 2.45) is 0 Å². The standard InChI is InChI=1S/C17H19N3O2/c1-20(10-12-6-4-5-9-21-12)17-16-15(18-11-19-17)13-7-2-3-8-14(13)22-16/h2-3,7-8,11-12H,4-6,9-10H2,1H3. The van der Waals surface area contributed by atoms with E-state index in [1.54, 1.807) is 6.33 Å². The second kappa shape index (κ2) is 5.57. The first kappa shape index (κ1) is 13.5. The van der Waals surface area contributed by atoms with E-state index in [4.69, 9.17) is 9.15 Å². The van der Waals surface area contributed by atoms with Crippen molar-refractivity contribution in [3.8, 4) is 0 Å². The molecular formula is C17H19N3O2. The van der Waals surface area contributed by atoms with Gasteiger partial charge in [-0.1, -0.05) is 12.1 Å². The number of benzene rings is 1. The Morgan fingerprint density at radius 2 is 2.14 bits per heavy atom. The molecule has 1 saturated heterocycles. The van der Waals surface area contributed by atoms with Crippen LogP contribution in [0.3, 0.4) is 0 Å². The Kier molecular flexibility index (Phi) is 3.42. The van der Waals surface area contributed by atoms with Crippen molar-refractivity contribution in [1.82, 2.24) is 9.97 Å². The van der Waals surface area contributed by atoms with Gasteiger partial charge in [0, 0.05) is 25.6 Å². The van der Waals surface area contributed by atoms with Crippen molar-refractivity contribution < 1.29 is 9.15 Å². The lowest BCUT2D eigenvalue weighted by Gasteiger charge is -2.27. The summed E-state index contributed by atoms with van der Waals surface area (Å²) in [6, 6.07) is 7.96. The SMILES string of the molecule is CN(CC1CCCCO1)c1ncnc2c1oc1ccccc12. The summed E-state index contributed by atoms with van der Waals surface area (Å²) in [5.74, 6) is 0.829. The third kappa shape index (κ3) is 2.31. The number of hydrogen-bond donors (Lipinski definition) is 0. The molecule has 5 heteroatoms. The first-order chi connectivity index (χ1) is 10.8. The summed E-state index contributed by atoms with van der Waals surface area (Å²) in [7, 11) is 2.03. The highest BCUT2D eigenvalue weighted by Gasteiger charge is 2.20. The highest BCUT2D eigenvalue weighted by atomic mass is 16.5. The van der Waals surface area contributed by atoms with Gasteiger partial charge in [0.2, 0.25) is 0 Å². The van der Waals surface area contributed by atoms with Crippen molar-refractivity contribution in [3.05, 3.63) is 30.6 Å². The van der Waals surface area contributed by atoms with E-state index in [1.807, 2.05) is 31.3 Å². The summed E-state index contributed by atoms with van der Waals surface area (Å²) in [6.07, 6.45) is 5.40. The molecule has 0 amide bonds. The molecule has 1 fully saturated rings. The topological polar surface area (TPSA) is 51.4 Å². The molecule has 0 saturated carbocycles. The van der Waals surface area contributed by atoms with E-state index >= 15 is 0 Å². The van der Waals surface area contributed by atoms with E-state index in [-0.39, 0.29) is 6.10 Å². The number of para-hydroxylation sites is 1. The minimum absolute atomic E-state index is 0.271. The van der Waals surface area contributed by atoms with E-state index < -0.39 is 0 Å². The number of ether oxygens (including phenoxy) is 1. The lowest BCUT2D eigenvalue weighted by Crippen LogP contribution is -2.33. The smallest absolute Gasteiger partial charge is 0.196 e. The van der Waals surface area contributed by atoms with Gasteiger partial charge >= 0.3 is 0 Å². The minimum atomic E-state index is 0.271. The van der Waals surface area contributed by atoms with Gasteiger partial charge in [-0.3, -0.25) is 0 Å². The summed E-state index contributed by atoms with van der Waals surface area (Å²) < 4.78 is 11.8.